The van der Waals surface area contributed by atoms with E-state index in [1.54, 1.807) is 10.4 Å². The molecule has 0 amide bonds. The van der Waals surface area contributed by atoms with E-state index in [9.17, 15) is 8.42 Å². The lowest BCUT2D eigenvalue weighted by molar-refractivity contribution is 0.437. The Morgan fingerprint density at radius 1 is 1.37 bits per heavy atom. The molecular formula is C13H18N2O2S2. The summed E-state index contributed by atoms with van der Waals surface area (Å²) in [6.45, 7) is 1.75. The summed E-state index contributed by atoms with van der Waals surface area (Å²) in [5, 5.41) is 5.26. The molecule has 19 heavy (non-hydrogen) atoms. The van der Waals surface area contributed by atoms with Crippen molar-refractivity contribution in [3.63, 3.8) is 0 Å². The quantitative estimate of drug-likeness (QED) is 0.845. The minimum Gasteiger partial charge on any atom is -0.309 e. The highest BCUT2D eigenvalue weighted by atomic mass is 32.2. The predicted octanol–water partition coefficient (Wildman–Crippen LogP) is 1.95. The Morgan fingerprint density at radius 3 is 2.89 bits per heavy atom. The minimum absolute atomic E-state index is 0.487. The average molecular weight is 298 g/mol. The zero-order valence-corrected chi connectivity index (χ0v) is 12.3. The molecule has 0 spiro atoms. The third-order valence-electron chi connectivity index (χ3n) is 3.47. The van der Waals surface area contributed by atoms with Gasteiger partial charge in [-0.05, 0) is 30.7 Å². The fourth-order valence-electron chi connectivity index (χ4n) is 2.19. The lowest BCUT2D eigenvalue weighted by Crippen LogP contribution is -2.34. The Bertz CT molecular complexity index is 573. The van der Waals surface area contributed by atoms with E-state index < -0.39 is 10.0 Å². The normalized spacial score (nSPS) is 20.8. The first-order chi connectivity index (χ1) is 9.18. The molecule has 1 aromatic heterocycles. The lowest BCUT2D eigenvalue weighted by atomic mass is 10.3. The summed E-state index contributed by atoms with van der Waals surface area (Å²) in [7, 11) is -3.32. The van der Waals surface area contributed by atoms with Crippen molar-refractivity contribution in [3.05, 3.63) is 28.5 Å². The highest BCUT2D eigenvalue weighted by Gasteiger charge is 2.28. The van der Waals surface area contributed by atoms with Crippen LogP contribution in [0.5, 0.6) is 0 Å². The van der Waals surface area contributed by atoms with Gasteiger partial charge in [0.25, 0.3) is 0 Å². The van der Waals surface area contributed by atoms with Crippen molar-refractivity contribution in [3.8, 4) is 0 Å². The molecule has 2 aliphatic rings. The second-order valence-electron chi connectivity index (χ2n) is 4.99. The molecule has 104 valence electrons. The Balaban J connectivity index is 1.79. The van der Waals surface area contributed by atoms with Crippen LogP contribution in [0.2, 0.25) is 0 Å². The van der Waals surface area contributed by atoms with Crippen molar-refractivity contribution in [1.29, 1.82) is 0 Å². The number of hydrogen-bond donors (Lipinski definition) is 1. The second kappa shape index (κ2) is 5.36. The Kier molecular flexibility index (Phi) is 3.75. The molecule has 2 heterocycles. The number of sulfonamides is 1. The van der Waals surface area contributed by atoms with Gasteiger partial charge in [-0.1, -0.05) is 12.2 Å². The van der Waals surface area contributed by atoms with Crippen LogP contribution in [0.1, 0.15) is 24.1 Å². The number of nitrogens with one attached hydrogen (secondary N) is 1. The Labute approximate surface area is 118 Å². The van der Waals surface area contributed by atoms with Gasteiger partial charge in [0.1, 0.15) is 0 Å². The van der Waals surface area contributed by atoms with Gasteiger partial charge in [0, 0.05) is 30.6 Å². The van der Waals surface area contributed by atoms with Gasteiger partial charge in [-0.3, -0.25) is 0 Å². The fourth-order valence-corrected chi connectivity index (χ4v) is 4.96. The summed E-state index contributed by atoms with van der Waals surface area (Å²) >= 11 is 1.52. The van der Waals surface area contributed by atoms with Gasteiger partial charge in [-0.15, -0.1) is 11.3 Å². The molecule has 3 rings (SSSR count). The van der Waals surface area contributed by atoms with Crippen molar-refractivity contribution >= 4 is 21.4 Å². The molecule has 1 aromatic rings. The van der Waals surface area contributed by atoms with Crippen LogP contribution < -0.4 is 5.32 Å². The average Bonchev–Trinajstić information content (AvgIpc) is 3.13. The molecule has 1 fully saturated rings. The highest BCUT2D eigenvalue weighted by Crippen LogP contribution is 2.27. The number of hydrogen-bond acceptors (Lipinski definition) is 4. The monoisotopic (exact) mass is 298 g/mol. The number of nitrogens with zero attached hydrogens (tertiary/aromatic N) is 1. The van der Waals surface area contributed by atoms with Crippen LogP contribution >= 0.6 is 11.3 Å². The van der Waals surface area contributed by atoms with Gasteiger partial charge < -0.3 is 5.32 Å². The minimum atomic E-state index is -3.32. The van der Waals surface area contributed by atoms with Crippen LogP contribution in [0.4, 0.5) is 0 Å². The first kappa shape index (κ1) is 13.3. The van der Waals surface area contributed by atoms with E-state index in [2.05, 4.69) is 5.32 Å². The van der Waals surface area contributed by atoms with Crippen LogP contribution in [0, 0.1) is 0 Å². The molecule has 0 atom stereocenters. The summed E-state index contributed by atoms with van der Waals surface area (Å²) in [6, 6.07) is 2.33. The molecular weight excluding hydrogens is 280 g/mol. The Hall–Kier alpha value is -0.690. The Morgan fingerprint density at radius 2 is 2.21 bits per heavy atom. The topological polar surface area (TPSA) is 49.4 Å². The van der Waals surface area contributed by atoms with E-state index in [4.69, 9.17) is 0 Å². The van der Waals surface area contributed by atoms with Crippen LogP contribution in [0.3, 0.4) is 0 Å². The van der Waals surface area contributed by atoms with E-state index in [0.29, 0.717) is 30.6 Å². The van der Waals surface area contributed by atoms with Gasteiger partial charge >= 0.3 is 0 Å². The van der Waals surface area contributed by atoms with Crippen LogP contribution in [0.25, 0.3) is 0 Å². The molecule has 0 bridgehead atoms. The highest BCUT2D eigenvalue weighted by molar-refractivity contribution is 7.89. The number of rotatable bonds is 5. The second-order valence-corrected chi connectivity index (χ2v) is 7.89. The molecule has 6 heteroatoms. The zero-order valence-electron chi connectivity index (χ0n) is 10.7. The van der Waals surface area contributed by atoms with Crippen LogP contribution in [-0.4, -0.2) is 31.9 Å². The summed E-state index contributed by atoms with van der Waals surface area (Å²) in [6.07, 6.45) is 7.19. The van der Waals surface area contributed by atoms with Crippen molar-refractivity contribution in [2.24, 2.45) is 0 Å². The summed E-state index contributed by atoms with van der Waals surface area (Å²) in [5.74, 6) is 0. The van der Waals surface area contributed by atoms with Crippen molar-refractivity contribution < 1.29 is 8.42 Å². The molecule has 1 aliphatic heterocycles. The maximum absolute atomic E-state index is 12.6. The molecule has 0 radical (unpaired) electrons. The van der Waals surface area contributed by atoms with Crippen LogP contribution in [-0.2, 0) is 16.6 Å². The maximum Gasteiger partial charge on any atom is 0.244 e. The first-order valence-electron chi connectivity index (χ1n) is 6.63. The molecule has 1 saturated carbocycles. The van der Waals surface area contributed by atoms with Gasteiger partial charge in [-0.2, -0.15) is 4.31 Å². The smallest absolute Gasteiger partial charge is 0.244 e. The van der Waals surface area contributed by atoms with E-state index in [1.807, 2.05) is 17.5 Å². The van der Waals surface area contributed by atoms with Gasteiger partial charge in [0.2, 0.25) is 10.0 Å². The molecule has 1 aliphatic carbocycles. The molecule has 0 unspecified atom stereocenters. The first-order valence-corrected chi connectivity index (χ1v) is 8.95. The molecule has 0 aromatic carbocycles. The van der Waals surface area contributed by atoms with E-state index in [0.717, 1.165) is 11.3 Å². The third-order valence-corrected chi connectivity index (χ3v) is 6.47. The molecule has 0 saturated heterocycles. The van der Waals surface area contributed by atoms with E-state index in [-0.39, 0.29) is 0 Å². The van der Waals surface area contributed by atoms with Gasteiger partial charge in [-0.25, -0.2) is 8.42 Å². The van der Waals surface area contributed by atoms with E-state index in [1.165, 1.54) is 24.2 Å². The summed E-state index contributed by atoms with van der Waals surface area (Å²) in [4.78, 5) is 1.42. The number of thiophene rings is 1. The SMILES string of the molecule is O=S(=O)(c1ccsc1CNC1CC1)N1CC=CCC1. The zero-order chi connectivity index (χ0) is 13.3. The van der Waals surface area contributed by atoms with Gasteiger partial charge in [0.05, 0.1) is 4.90 Å². The predicted molar refractivity (Wildman–Crippen MR) is 76.7 cm³/mol. The summed E-state index contributed by atoms with van der Waals surface area (Å²) in [5.41, 5.74) is 0. The molecule has 1 N–H and O–H groups in total. The van der Waals surface area contributed by atoms with Crippen molar-refractivity contribution in [1.82, 2.24) is 9.62 Å². The van der Waals surface area contributed by atoms with E-state index >= 15 is 0 Å². The lowest BCUT2D eigenvalue weighted by Gasteiger charge is -2.22. The largest absolute Gasteiger partial charge is 0.309 e. The fraction of sp³-hybridized carbons (Fsp3) is 0.538. The van der Waals surface area contributed by atoms with Gasteiger partial charge in [0.15, 0.2) is 0 Å². The van der Waals surface area contributed by atoms with Crippen molar-refractivity contribution in [2.75, 3.05) is 13.1 Å². The summed E-state index contributed by atoms with van der Waals surface area (Å²) < 4.78 is 26.8. The standard InChI is InChI=1S/C13H18N2O2S2/c16-19(17,15-7-2-1-3-8-15)13-6-9-18-12(13)10-14-11-4-5-11/h1-2,6,9,11,14H,3-5,7-8,10H2. The molecule has 4 nitrogen and oxygen atoms in total. The third kappa shape index (κ3) is 2.91. The maximum atomic E-state index is 12.6. The van der Waals surface area contributed by atoms with Crippen molar-refractivity contribution in [2.45, 2.75) is 36.7 Å². The van der Waals surface area contributed by atoms with Crippen LogP contribution in [0.15, 0.2) is 28.5 Å².